The Labute approximate surface area is 195 Å². The van der Waals surface area contributed by atoms with Gasteiger partial charge >= 0.3 is 0 Å². The van der Waals surface area contributed by atoms with Crippen LogP contribution in [0.25, 0.3) is 0 Å². The molecule has 0 saturated heterocycles. The number of allylic oxidation sites excluding steroid dienone is 1. The number of benzene rings is 2. The van der Waals surface area contributed by atoms with Crippen LogP contribution in [0.3, 0.4) is 0 Å². The molecule has 12 heteroatoms. The van der Waals surface area contributed by atoms with E-state index in [0.29, 0.717) is 11.8 Å². The molecule has 0 saturated carbocycles. The van der Waals surface area contributed by atoms with E-state index in [1.165, 1.54) is 54.3 Å². The number of anilines is 1. The fourth-order valence-corrected chi connectivity index (χ4v) is 8.15. The molecule has 1 atom stereocenters. The first-order valence-electron chi connectivity index (χ1n) is 9.08. The number of primary sulfonamides is 1. The van der Waals surface area contributed by atoms with Crippen LogP contribution < -0.4 is 15.8 Å². The van der Waals surface area contributed by atoms with E-state index < -0.39 is 35.7 Å². The normalized spacial score (nSPS) is 19.3. The third-order valence-electron chi connectivity index (χ3n) is 4.78. The van der Waals surface area contributed by atoms with E-state index in [4.69, 9.17) is 22.5 Å². The number of carbonyl (C=O) groups excluding carboxylic acids is 1. The molecule has 2 aromatic rings. The SMILES string of the molecule is C=CCS(=O)(=O)C1(c2cccc(Cl)c2)SC(C(N)=O)=C(C)N1c1ccccc1S(N)(=O)=O. The number of thioether (sulfide) groups is 1. The van der Waals surface area contributed by atoms with Crippen LogP contribution in [0, 0.1) is 0 Å². The van der Waals surface area contributed by atoms with Gasteiger partial charge in [-0.15, -0.1) is 6.58 Å². The van der Waals surface area contributed by atoms with Crippen molar-refractivity contribution in [2.24, 2.45) is 10.9 Å². The predicted molar refractivity (Wildman–Crippen MR) is 127 cm³/mol. The van der Waals surface area contributed by atoms with Crippen molar-refractivity contribution in [3.8, 4) is 0 Å². The fourth-order valence-electron chi connectivity index (χ4n) is 3.55. The van der Waals surface area contributed by atoms with Gasteiger partial charge < -0.3 is 10.6 Å². The first-order chi connectivity index (χ1) is 14.9. The maximum Gasteiger partial charge on any atom is 0.257 e. The third-order valence-corrected chi connectivity index (χ3v) is 10.3. The van der Waals surface area contributed by atoms with Gasteiger partial charge in [-0.25, -0.2) is 22.0 Å². The average molecular weight is 514 g/mol. The molecule has 0 bridgehead atoms. The number of hydrogen-bond donors (Lipinski definition) is 2. The topological polar surface area (TPSA) is 141 Å². The summed E-state index contributed by atoms with van der Waals surface area (Å²) in [4.78, 5) is 13.2. The lowest BCUT2D eigenvalue weighted by Crippen LogP contribution is -2.47. The second-order valence-corrected chi connectivity index (χ2v) is 12.5. The van der Waals surface area contributed by atoms with Crippen molar-refractivity contribution in [3.05, 3.63) is 82.4 Å². The number of para-hydroxylation sites is 1. The maximum atomic E-state index is 13.8. The highest BCUT2D eigenvalue weighted by molar-refractivity contribution is 8.17. The molecule has 0 radical (unpaired) electrons. The van der Waals surface area contributed by atoms with Gasteiger partial charge in [0.15, 0.2) is 9.84 Å². The molecular weight excluding hydrogens is 494 g/mol. The van der Waals surface area contributed by atoms with Gasteiger partial charge in [0.25, 0.3) is 5.91 Å². The number of sulfone groups is 1. The number of halogens is 1. The van der Waals surface area contributed by atoms with Crippen molar-refractivity contribution >= 4 is 54.8 Å². The summed E-state index contributed by atoms with van der Waals surface area (Å²) in [7, 11) is -8.43. The summed E-state index contributed by atoms with van der Waals surface area (Å²) in [6.07, 6.45) is 1.21. The third kappa shape index (κ3) is 3.95. The molecule has 0 fully saturated rings. The van der Waals surface area contributed by atoms with E-state index in [1.807, 2.05) is 0 Å². The minimum Gasteiger partial charge on any atom is -0.365 e. The van der Waals surface area contributed by atoms with Crippen LogP contribution in [0.2, 0.25) is 5.02 Å². The van der Waals surface area contributed by atoms with Crippen LogP contribution in [0.5, 0.6) is 0 Å². The van der Waals surface area contributed by atoms with Gasteiger partial charge in [0.2, 0.25) is 14.2 Å². The Bertz CT molecular complexity index is 1360. The summed E-state index contributed by atoms with van der Waals surface area (Å²) in [6.45, 7) is 5.02. The Morgan fingerprint density at radius 3 is 2.41 bits per heavy atom. The molecule has 32 heavy (non-hydrogen) atoms. The van der Waals surface area contributed by atoms with Crippen LogP contribution in [-0.4, -0.2) is 28.5 Å². The number of hydrogen-bond acceptors (Lipinski definition) is 7. The van der Waals surface area contributed by atoms with Crippen molar-refractivity contribution in [3.63, 3.8) is 0 Å². The summed E-state index contributed by atoms with van der Waals surface area (Å²) in [5, 5.41) is 5.68. The van der Waals surface area contributed by atoms with Gasteiger partial charge in [-0.3, -0.25) is 4.79 Å². The lowest BCUT2D eigenvalue weighted by atomic mass is 10.1. The summed E-state index contributed by atoms with van der Waals surface area (Å²) in [5.41, 5.74) is 5.91. The summed E-state index contributed by atoms with van der Waals surface area (Å²) in [5.74, 6) is -1.33. The zero-order chi connectivity index (χ0) is 23.9. The first-order valence-corrected chi connectivity index (χ1v) is 13.5. The molecule has 0 spiro atoms. The maximum absolute atomic E-state index is 13.8. The molecule has 0 aliphatic carbocycles. The Morgan fingerprint density at radius 2 is 1.84 bits per heavy atom. The molecule has 2 aromatic carbocycles. The van der Waals surface area contributed by atoms with Crippen LogP contribution in [0.1, 0.15) is 12.5 Å². The minimum absolute atomic E-state index is 0.0242. The van der Waals surface area contributed by atoms with E-state index in [2.05, 4.69) is 6.58 Å². The number of carbonyl (C=O) groups is 1. The second kappa shape index (κ2) is 8.56. The predicted octanol–water partition coefficient (Wildman–Crippen LogP) is 2.67. The van der Waals surface area contributed by atoms with Gasteiger partial charge in [-0.05, 0) is 31.2 Å². The van der Waals surface area contributed by atoms with E-state index in [9.17, 15) is 21.6 Å². The van der Waals surface area contributed by atoms with Crippen molar-refractivity contribution in [2.75, 3.05) is 10.7 Å². The van der Waals surface area contributed by atoms with E-state index >= 15 is 0 Å². The zero-order valence-electron chi connectivity index (χ0n) is 16.9. The Kier molecular flexibility index (Phi) is 6.51. The van der Waals surface area contributed by atoms with Crippen LogP contribution in [0.15, 0.2) is 76.7 Å². The van der Waals surface area contributed by atoms with E-state index in [0.717, 1.165) is 0 Å². The van der Waals surface area contributed by atoms with Crippen molar-refractivity contribution < 1.29 is 21.6 Å². The monoisotopic (exact) mass is 513 g/mol. The van der Waals surface area contributed by atoms with Gasteiger partial charge in [0.1, 0.15) is 4.90 Å². The molecule has 170 valence electrons. The molecule has 1 unspecified atom stereocenters. The van der Waals surface area contributed by atoms with Crippen molar-refractivity contribution in [1.29, 1.82) is 0 Å². The molecule has 3 rings (SSSR count). The number of nitrogens with two attached hydrogens (primary N) is 2. The molecule has 1 aliphatic heterocycles. The number of primary amides is 1. The molecule has 0 aromatic heterocycles. The highest BCUT2D eigenvalue weighted by Gasteiger charge is 2.58. The molecule has 1 amide bonds. The van der Waals surface area contributed by atoms with Gasteiger partial charge in [0, 0.05) is 16.3 Å². The summed E-state index contributed by atoms with van der Waals surface area (Å²) < 4.78 is 50.3. The smallest absolute Gasteiger partial charge is 0.257 e. The second-order valence-electron chi connectivity index (χ2n) is 6.89. The fraction of sp³-hybridized carbons (Fsp3) is 0.150. The summed E-state index contributed by atoms with van der Waals surface area (Å²) in [6, 6.07) is 11.8. The van der Waals surface area contributed by atoms with Crippen LogP contribution in [-0.2, 0) is 28.9 Å². The molecule has 1 aliphatic rings. The Hall–Kier alpha value is -2.31. The van der Waals surface area contributed by atoms with Gasteiger partial charge in [-0.2, -0.15) is 0 Å². The Morgan fingerprint density at radius 1 is 1.19 bits per heavy atom. The van der Waals surface area contributed by atoms with Crippen LogP contribution in [0.4, 0.5) is 5.69 Å². The lowest BCUT2D eigenvalue weighted by Gasteiger charge is -2.40. The molecule has 4 N–H and O–H groups in total. The quantitative estimate of drug-likeness (QED) is 0.542. The molecule has 8 nitrogen and oxygen atoms in total. The van der Waals surface area contributed by atoms with Crippen molar-refractivity contribution in [2.45, 2.75) is 16.0 Å². The standard InChI is InChI=1S/C20H20ClN3O5S3/c1-3-11-31(26,27)20(14-7-6-8-15(21)12-14)24(13(2)18(30-20)19(22)25)16-9-4-5-10-17(16)32(23,28)29/h3-10,12H,1,11H2,2H3,(H2,22,25)(H2,23,28,29). The summed E-state index contributed by atoms with van der Waals surface area (Å²) >= 11 is 6.89. The number of rotatable bonds is 7. The lowest BCUT2D eigenvalue weighted by molar-refractivity contribution is -0.113. The Balaban J connectivity index is 2.52. The largest absolute Gasteiger partial charge is 0.365 e. The number of amides is 1. The van der Waals surface area contributed by atoms with E-state index in [1.54, 1.807) is 12.1 Å². The highest BCUT2D eigenvalue weighted by atomic mass is 35.5. The number of sulfonamides is 1. The van der Waals surface area contributed by atoms with Gasteiger partial charge in [-0.1, -0.05) is 53.7 Å². The number of nitrogens with zero attached hydrogens (tertiary/aromatic N) is 1. The van der Waals surface area contributed by atoms with E-state index in [-0.39, 0.29) is 31.8 Å². The minimum atomic E-state index is -4.26. The highest BCUT2D eigenvalue weighted by Crippen LogP contribution is 2.58. The molecular formula is C20H20ClN3O5S3. The molecule has 1 heterocycles. The van der Waals surface area contributed by atoms with Crippen molar-refractivity contribution in [1.82, 2.24) is 0 Å². The van der Waals surface area contributed by atoms with Gasteiger partial charge in [0.05, 0.1) is 16.3 Å². The average Bonchev–Trinajstić information content (AvgIpc) is 3.02. The zero-order valence-corrected chi connectivity index (χ0v) is 20.1. The first kappa shape index (κ1) is 24.3. The van der Waals surface area contributed by atoms with Crippen LogP contribution >= 0.6 is 23.4 Å².